The molecule has 8 heteroatoms. The van der Waals surface area contributed by atoms with E-state index in [2.05, 4.69) is 10.6 Å². The zero-order valence-corrected chi connectivity index (χ0v) is 17.9. The molecule has 0 aliphatic carbocycles. The lowest BCUT2D eigenvalue weighted by Crippen LogP contribution is -2.48. The number of benzene rings is 1. The van der Waals surface area contributed by atoms with E-state index in [0.717, 1.165) is 31.5 Å². The van der Waals surface area contributed by atoms with Crippen molar-refractivity contribution in [3.05, 3.63) is 34.9 Å². The zero-order valence-electron chi connectivity index (χ0n) is 16.4. The first-order chi connectivity index (χ1) is 13.0. The monoisotopic (exact) mass is 429 g/mol. The number of amides is 2. The van der Waals surface area contributed by atoms with Gasteiger partial charge in [-0.1, -0.05) is 23.7 Å². The van der Waals surface area contributed by atoms with Crippen LogP contribution in [0.2, 0.25) is 5.02 Å². The van der Waals surface area contributed by atoms with Crippen LogP contribution >= 0.6 is 24.0 Å². The molecule has 2 amide bonds. The van der Waals surface area contributed by atoms with Crippen molar-refractivity contribution in [3.63, 3.8) is 0 Å². The van der Waals surface area contributed by atoms with Gasteiger partial charge in [0.05, 0.1) is 18.6 Å². The third kappa shape index (κ3) is 4.98. The number of rotatable bonds is 6. The Labute approximate surface area is 177 Å². The van der Waals surface area contributed by atoms with Gasteiger partial charge in [0.2, 0.25) is 11.8 Å². The summed E-state index contributed by atoms with van der Waals surface area (Å²) in [5.41, 5.74) is 0.847. The van der Waals surface area contributed by atoms with Gasteiger partial charge in [-0.15, -0.1) is 12.4 Å². The third-order valence-corrected chi connectivity index (χ3v) is 6.10. The number of hydrogen-bond acceptors (Lipinski definition) is 4. The van der Waals surface area contributed by atoms with E-state index in [0.29, 0.717) is 18.2 Å². The molecular formula is C20H29Cl2N3O3. The average molecular weight is 430 g/mol. The molecule has 6 nitrogen and oxygen atoms in total. The van der Waals surface area contributed by atoms with Gasteiger partial charge in [-0.25, -0.2) is 0 Å². The molecule has 3 rings (SSSR count). The summed E-state index contributed by atoms with van der Waals surface area (Å²) in [4.78, 5) is 27.0. The van der Waals surface area contributed by atoms with Crippen LogP contribution < -0.4 is 10.6 Å². The fourth-order valence-corrected chi connectivity index (χ4v) is 4.49. The maximum Gasteiger partial charge on any atom is 0.226 e. The molecule has 0 bridgehead atoms. The minimum atomic E-state index is -0.415. The quantitative estimate of drug-likeness (QED) is 0.728. The lowest BCUT2D eigenvalue weighted by Gasteiger charge is -2.37. The first-order valence-electron chi connectivity index (χ1n) is 9.44. The molecule has 2 aliphatic rings. The highest BCUT2D eigenvalue weighted by Gasteiger charge is 2.43. The van der Waals surface area contributed by atoms with E-state index in [9.17, 15) is 9.59 Å². The van der Waals surface area contributed by atoms with Crippen molar-refractivity contribution in [2.24, 2.45) is 11.3 Å². The van der Waals surface area contributed by atoms with Crippen molar-refractivity contribution < 1.29 is 14.3 Å². The van der Waals surface area contributed by atoms with E-state index in [1.54, 1.807) is 25.1 Å². The lowest BCUT2D eigenvalue weighted by molar-refractivity contribution is -0.128. The van der Waals surface area contributed by atoms with Gasteiger partial charge >= 0.3 is 0 Å². The van der Waals surface area contributed by atoms with E-state index >= 15 is 0 Å². The fourth-order valence-electron chi connectivity index (χ4n) is 4.29. The van der Waals surface area contributed by atoms with Crippen molar-refractivity contribution in [2.75, 3.05) is 40.4 Å². The van der Waals surface area contributed by atoms with Crippen LogP contribution in [0.15, 0.2) is 24.3 Å². The summed E-state index contributed by atoms with van der Waals surface area (Å²) in [6.45, 7) is 3.04. The number of piperidine rings is 1. The molecule has 2 aliphatic heterocycles. The second-order valence-corrected chi connectivity index (χ2v) is 8.15. The number of methoxy groups -OCH3 is 1. The maximum atomic E-state index is 13.0. The van der Waals surface area contributed by atoms with Crippen LogP contribution in [-0.2, 0) is 14.3 Å². The van der Waals surface area contributed by atoms with Gasteiger partial charge in [0.1, 0.15) is 0 Å². The Balaban J connectivity index is 0.00000280. The molecule has 0 spiro atoms. The van der Waals surface area contributed by atoms with E-state index < -0.39 is 5.92 Å². The molecule has 2 atom stereocenters. The van der Waals surface area contributed by atoms with Gasteiger partial charge in [-0.3, -0.25) is 9.59 Å². The Morgan fingerprint density at radius 1 is 1.39 bits per heavy atom. The van der Waals surface area contributed by atoms with Crippen molar-refractivity contribution in [1.82, 2.24) is 15.5 Å². The molecule has 1 aromatic carbocycles. The first-order valence-corrected chi connectivity index (χ1v) is 9.82. The Morgan fingerprint density at radius 2 is 2.11 bits per heavy atom. The highest BCUT2D eigenvalue weighted by Crippen LogP contribution is 2.38. The van der Waals surface area contributed by atoms with Crippen LogP contribution in [0, 0.1) is 11.3 Å². The number of nitrogens with one attached hydrogen (secondary N) is 2. The van der Waals surface area contributed by atoms with Crippen LogP contribution in [0.1, 0.15) is 30.9 Å². The predicted octanol–water partition coefficient (Wildman–Crippen LogP) is 2.41. The highest BCUT2D eigenvalue weighted by molar-refractivity contribution is 6.30. The second kappa shape index (κ2) is 9.92. The Morgan fingerprint density at radius 3 is 2.75 bits per heavy atom. The van der Waals surface area contributed by atoms with Gasteiger partial charge < -0.3 is 20.3 Å². The standard InChI is InChI=1S/C20H28ClN3O3.ClH/c1-24-17(25)11-16(18(24)14-4-3-5-15(21)10-14)19(26)23-12-20(13-27-2)6-8-22-9-7-20;/h3-5,10,16,18,22H,6-9,11-13H2,1-2H3,(H,23,26);1H. The average Bonchev–Trinajstić information content (AvgIpc) is 2.96. The smallest absolute Gasteiger partial charge is 0.226 e. The normalized spacial score (nSPS) is 24.0. The molecule has 2 saturated heterocycles. The number of carbonyl (C=O) groups is 2. The SMILES string of the molecule is COCC1(CNC(=O)C2CC(=O)N(C)C2c2cccc(Cl)c2)CCNCC1.Cl. The Bertz CT molecular complexity index is 690. The van der Waals surface area contributed by atoms with Crippen molar-refractivity contribution in [1.29, 1.82) is 0 Å². The van der Waals surface area contributed by atoms with Crippen molar-refractivity contribution in [2.45, 2.75) is 25.3 Å². The largest absolute Gasteiger partial charge is 0.384 e. The second-order valence-electron chi connectivity index (χ2n) is 7.72. The molecular weight excluding hydrogens is 401 g/mol. The summed E-state index contributed by atoms with van der Waals surface area (Å²) in [7, 11) is 3.45. The summed E-state index contributed by atoms with van der Waals surface area (Å²) >= 11 is 6.13. The summed E-state index contributed by atoms with van der Waals surface area (Å²) in [5.74, 6) is -0.512. The molecule has 0 aromatic heterocycles. The van der Waals surface area contributed by atoms with Crippen LogP contribution in [0.4, 0.5) is 0 Å². The number of halogens is 2. The molecule has 28 heavy (non-hydrogen) atoms. The van der Waals surface area contributed by atoms with Crippen LogP contribution in [-0.4, -0.2) is 57.1 Å². The maximum absolute atomic E-state index is 13.0. The first kappa shape index (κ1) is 22.9. The van der Waals surface area contributed by atoms with Crippen LogP contribution in [0.25, 0.3) is 0 Å². The Kier molecular flexibility index (Phi) is 8.13. The molecule has 2 unspecified atom stereocenters. The number of ether oxygens (including phenoxy) is 1. The number of hydrogen-bond donors (Lipinski definition) is 2. The summed E-state index contributed by atoms with van der Waals surface area (Å²) < 4.78 is 5.42. The minimum absolute atomic E-state index is 0. The van der Waals surface area contributed by atoms with Crippen molar-refractivity contribution >= 4 is 35.8 Å². The topological polar surface area (TPSA) is 70.7 Å². The van der Waals surface area contributed by atoms with Gasteiger partial charge in [-0.05, 0) is 43.6 Å². The number of nitrogens with zero attached hydrogens (tertiary/aromatic N) is 1. The lowest BCUT2D eigenvalue weighted by atomic mass is 9.79. The fraction of sp³-hybridized carbons (Fsp3) is 0.600. The molecule has 2 fully saturated rings. The molecule has 2 N–H and O–H groups in total. The third-order valence-electron chi connectivity index (χ3n) is 5.87. The summed E-state index contributed by atoms with van der Waals surface area (Å²) in [5, 5.41) is 7.08. The minimum Gasteiger partial charge on any atom is -0.384 e. The van der Waals surface area contributed by atoms with Crippen LogP contribution in [0.5, 0.6) is 0 Å². The van der Waals surface area contributed by atoms with Crippen LogP contribution in [0.3, 0.4) is 0 Å². The number of carbonyl (C=O) groups excluding carboxylic acids is 2. The van der Waals surface area contributed by atoms with Gasteiger partial charge in [0, 0.05) is 37.6 Å². The molecule has 0 saturated carbocycles. The zero-order chi connectivity index (χ0) is 19.4. The summed E-state index contributed by atoms with van der Waals surface area (Å²) in [6, 6.07) is 7.11. The molecule has 0 radical (unpaired) electrons. The van der Waals surface area contributed by atoms with E-state index in [1.807, 2.05) is 18.2 Å². The summed E-state index contributed by atoms with van der Waals surface area (Å²) in [6.07, 6.45) is 2.14. The van der Waals surface area contributed by atoms with Gasteiger partial charge in [0.25, 0.3) is 0 Å². The Hall–Kier alpha value is -1.34. The number of likely N-dealkylation sites (tertiary alicyclic amines) is 1. The van der Waals surface area contributed by atoms with Gasteiger partial charge in [0.15, 0.2) is 0 Å². The molecule has 1 aromatic rings. The molecule has 2 heterocycles. The van der Waals surface area contributed by atoms with E-state index in [-0.39, 0.29) is 42.1 Å². The van der Waals surface area contributed by atoms with Crippen molar-refractivity contribution in [3.8, 4) is 0 Å². The van der Waals surface area contributed by atoms with E-state index in [1.165, 1.54) is 0 Å². The van der Waals surface area contributed by atoms with Gasteiger partial charge in [-0.2, -0.15) is 0 Å². The highest BCUT2D eigenvalue weighted by atomic mass is 35.5. The predicted molar refractivity (Wildman–Crippen MR) is 112 cm³/mol. The van der Waals surface area contributed by atoms with E-state index in [4.69, 9.17) is 16.3 Å². The molecule has 156 valence electrons.